The molecule has 0 unspecified atom stereocenters. The fourth-order valence-electron chi connectivity index (χ4n) is 5.18. The van der Waals surface area contributed by atoms with Gasteiger partial charge in [-0.25, -0.2) is 4.79 Å². The number of nitrogens with zero attached hydrogens (tertiary/aromatic N) is 1. The molecule has 0 spiro atoms. The van der Waals surface area contributed by atoms with Gasteiger partial charge in [-0.2, -0.15) is 0 Å². The number of rotatable bonds is 9. The second-order valence-corrected chi connectivity index (χ2v) is 9.81. The smallest absolute Gasteiger partial charge is 0.320 e. The van der Waals surface area contributed by atoms with Gasteiger partial charge in [0.05, 0.1) is 0 Å². The van der Waals surface area contributed by atoms with Gasteiger partial charge >= 0.3 is 6.03 Å². The van der Waals surface area contributed by atoms with Crippen molar-refractivity contribution in [2.24, 2.45) is 0 Å². The van der Waals surface area contributed by atoms with Gasteiger partial charge in [-0.05, 0) is 60.3 Å². The Bertz CT molecular complexity index is 1310. The SMILES string of the molecule is O=C(Nc1ccc(-c2ccccc2)cc1)NC(C(=O)NCCN1CCCC1)(c1ccccc1)c1ccccc1. The minimum atomic E-state index is -1.42. The number of benzene rings is 4. The summed E-state index contributed by atoms with van der Waals surface area (Å²) in [6.45, 7) is 3.40. The van der Waals surface area contributed by atoms with Crippen LogP contribution in [0, 0.1) is 0 Å². The van der Waals surface area contributed by atoms with Crippen LogP contribution in [0.4, 0.5) is 10.5 Å². The number of nitrogens with one attached hydrogen (secondary N) is 3. The van der Waals surface area contributed by atoms with Crippen LogP contribution in [-0.4, -0.2) is 43.0 Å². The van der Waals surface area contributed by atoms with Crippen molar-refractivity contribution in [1.82, 2.24) is 15.5 Å². The second kappa shape index (κ2) is 12.4. The van der Waals surface area contributed by atoms with Crippen molar-refractivity contribution < 1.29 is 9.59 Å². The van der Waals surface area contributed by atoms with Crippen molar-refractivity contribution in [3.63, 3.8) is 0 Å². The van der Waals surface area contributed by atoms with Crippen molar-refractivity contribution in [2.45, 2.75) is 18.4 Å². The third-order valence-corrected chi connectivity index (χ3v) is 7.22. The maximum Gasteiger partial charge on any atom is 0.320 e. The molecule has 0 saturated carbocycles. The second-order valence-electron chi connectivity index (χ2n) is 9.81. The molecule has 4 aromatic carbocycles. The molecule has 3 amide bonds. The van der Waals surface area contributed by atoms with Crippen LogP contribution in [0.25, 0.3) is 11.1 Å². The Balaban J connectivity index is 1.40. The number of urea groups is 1. The van der Waals surface area contributed by atoms with Crippen LogP contribution in [0.2, 0.25) is 0 Å². The molecule has 0 bridgehead atoms. The molecule has 1 aliphatic rings. The lowest BCUT2D eigenvalue weighted by Gasteiger charge is -2.35. The first kappa shape index (κ1) is 26.2. The molecule has 0 aliphatic carbocycles. The van der Waals surface area contributed by atoms with E-state index in [0.717, 1.165) is 30.8 Å². The van der Waals surface area contributed by atoms with Crippen molar-refractivity contribution in [3.05, 3.63) is 126 Å². The topological polar surface area (TPSA) is 73.5 Å². The van der Waals surface area contributed by atoms with Crippen LogP contribution >= 0.6 is 0 Å². The van der Waals surface area contributed by atoms with E-state index in [2.05, 4.69) is 20.9 Å². The van der Waals surface area contributed by atoms with E-state index in [9.17, 15) is 9.59 Å². The highest BCUT2D eigenvalue weighted by Gasteiger charge is 2.43. The number of likely N-dealkylation sites (tertiary alicyclic amines) is 1. The predicted octanol–water partition coefficient (Wildman–Crippen LogP) is 5.63. The van der Waals surface area contributed by atoms with E-state index in [-0.39, 0.29) is 5.91 Å². The van der Waals surface area contributed by atoms with Gasteiger partial charge in [-0.15, -0.1) is 0 Å². The third kappa shape index (κ3) is 6.19. The first-order valence-corrected chi connectivity index (χ1v) is 13.5. The molecule has 0 atom stereocenters. The van der Waals surface area contributed by atoms with E-state index in [1.807, 2.05) is 115 Å². The summed E-state index contributed by atoms with van der Waals surface area (Å²) in [6, 6.07) is 36.1. The number of hydrogen-bond donors (Lipinski definition) is 3. The van der Waals surface area contributed by atoms with E-state index in [0.29, 0.717) is 23.4 Å². The third-order valence-electron chi connectivity index (χ3n) is 7.22. The van der Waals surface area contributed by atoms with Gasteiger partial charge in [0.1, 0.15) is 0 Å². The summed E-state index contributed by atoms with van der Waals surface area (Å²) in [6.07, 6.45) is 2.39. The Labute approximate surface area is 230 Å². The molecule has 39 heavy (non-hydrogen) atoms. The van der Waals surface area contributed by atoms with Gasteiger partial charge in [-0.1, -0.05) is 103 Å². The molecule has 1 aliphatic heterocycles. The molecule has 1 fully saturated rings. The first-order chi connectivity index (χ1) is 19.1. The first-order valence-electron chi connectivity index (χ1n) is 13.5. The quantitative estimate of drug-likeness (QED) is 0.269. The zero-order valence-corrected chi connectivity index (χ0v) is 22.0. The summed E-state index contributed by atoms with van der Waals surface area (Å²) in [5.41, 5.74) is 2.75. The zero-order chi connectivity index (χ0) is 26.9. The maximum atomic E-state index is 14.1. The van der Waals surface area contributed by atoms with Gasteiger partial charge in [0.15, 0.2) is 5.54 Å². The summed E-state index contributed by atoms with van der Waals surface area (Å²) in [5.74, 6) is -0.270. The molecule has 1 saturated heterocycles. The Morgan fingerprint density at radius 3 is 1.74 bits per heavy atom. The summed E-state index contributed by atoms with van der Waals surface area (Å²) in [7, 11) is 0. The fraction of sp³-hybridized carbons (Fsp3) is 0.212. The highest BCUT2D eigenvalue weighted by Crippen LogP contribution is 2.31. The molecular formula is C33H34N4O2. The average Bonchev–Trinajstić information content (AvgIpc) is 3.51. The molecule has 198 valence electrons. The predicted molar refractivity (Wildman–Crippen MR) is 156 cm³/mol. The number of amides is 3. The van der Waals surface area contributed by atoms with Gasteiger partial charge < -0.3 is 20.9 Å². The molecule has 6 nitrogen and oxygen atoms in total. The van der Waals surface area contributed by atoms with E-state index in [1.165, 1.54) is 12.8 Å². The number of anilines is 1. The Morgan fingerprint density at radius 1 is 0.667 bits per heavy atom. The van der Waals surface area contributed by atoms with Crippen LogP contribution in [0.15, 0.2) is 115 Å². The Kier molecular flexibility index (Phi) is 8.34. The zero-order valence-electron chi connectivity index (χ0n) is 22.0. The standard InChI is InChI=1S/C33H34N4O2/c38-31(34-22-25-37-23-10-11-24-37)33(28-14-6-2-7-15-28,29-16-8-3-9-17-29)36-32(39)35-30-20-18-27(19-21-30)26-12-4-1-5-13-26/h1-9,12-21H,10-11,22-25H2,(H,34,38)(H2,35,36,39). The summed E-state index contributed by atoms with van der Waals surface area (Å²) >= 11 is 0. The molecule has 0 aromatic heterocycles. The van der Waals surface area contributed by atoms with E-state index in [4.69, 9.17) is 0 Å². The number of carbonyl (C=O) groups excluding carboxylic acids is 2. The van der Waals surface area contributed by atoms with E-state index < -0.39 is 11.6 Å². The largest absolute Gasteiger partial charge is 0.352 e. The lowest BCUT2D eigenvalue weighted by Crippen LogP contribution is -2.58. The van der Waals surface area contributed by atoms with Crippen LogP contribution in [0.1, 0.15) is 24.0 Å². The molecule has 3 N–H and O–H groups in total. The van der Waals surface area contributed by atoms with Gasteiger partial charge in [0.25, 0.3) is 5.91 Å². The fourth-order valence-corrected chi connectivity index (χ4v) is 5.18. The lowest BCUT2D eigenvalue weighted by atomic mass is 9.81. The highest BCUT2D eigenvalue weighted by molar-refractivity contribution is 5.99. The summed E-state index contributed by atoms with van der Waals surface area (Å²) in [4.78, 5) is 29.9. The minimum Gasteiger partial charge on any atom is -0.352 e. The highest BCUT2D eigenvalue weighted by atomic mass is 16.2. The van der Waals surface area contributed by atoms with Crippen molar-refractivity contribution in [3.8, 4) is 11.1 Å². The molecule has 0 radical (unpaired) electrons. The monoisotopic (exact) mass is 518 g/mol. The van der Waals surface area contributed by atoms with Crippen LogP contribution in [0.3, 0.4) is 0 Å². The van der Waals surface area contributed by atoms with Gasteiger partial charge in [0.2, 0.25) is 0 Å². The lowest BCUT2D eigenvalue weighted by molar-refractivity contribution is -0.126. The summed E-state index contributed by atoms with van der Waals surface area (Å²) < 4.78 is 0. The molecular weight excluding hydrogens is 484 g/mol. The average molecular weight is 519 g/mol. The van der Waals surface area contributed by atoms with Crippen LogP contribution in [-0.2, 0) is 10.3 Å². The molecule has 1 heterocycles. The van der Waals surface area contributed by atoms with Crippen LogP contribution in [0.5, 0.6) is 0 Å². The Morgan fingerprint density at radius 2 is 1.18 bits per heavy atom. The van der Waals surface area contributed by atoms with E-state index in [1.54, 1.807) is 0 Å². The number of hydrogen-bond acceptors (Lipinski definition) is 3. The van der Waals surface area contributed by atoms with Crippen LogP contribution < -0.4 is 16.0 Å². The van der Waals surface area contributed by atoms with Crippen molar-refractivity contribution in [2.75, 3.05) is 31.5 Å². The number of carbonyl (C=O) groups is 2. The van der Waals surface area contributed by atoms with Gasteiger partial charge in [-0.3, -0.25) is 4.79 Å². The van der Waals surface area contributed by atoms with Crippen molar-refractivity contribution >= 4 is 17.6 Å². The van der Waals surface area contributed by atoms with Gasteiger partial charge in [0, 0.05) is 18.8 Å². The Hall–Kier alpha value is -4.42. The van der Waals surface area contributed by atoms with E-state index >= 15 is 0 Å². The molecule has 5 rings (SSSR count). The summed E-state index contributed by atoms with van der Waals surface area (Å²) in [5, 5.41) is 9.11. The molecule has 4 aromatic rings. The normalized spacial score (nSPS) is 13.5. The van der Waals surface area contributed by atoms with Crippen molar-refractivity contribution in [1.29, 1.82) is 0 Å². The minimum absolute atomic E-state index is 0.270. The maximum absolute atomic E-state index is 14.1. The molecule has 6 heteroatoms.